The van der Waals surface area contributed by atoms with Gasteiger partial charge in [0.15, 0.2) is 0 Å². The number of nitrogens with zero attached hydrogens (tertiary/aromatic N) is 1. The second-order valence-electron chi connectivity index (χ2n) is 5.01. The molecule has 0 spiro atoms. The van der Waals surface area contributed by atoms with Gasteiger partial charge in [-0.05, 0) is 26.0 Å². The molecule has 1 amide bonds. The SMILES string of the molecule is CC(CS(C)(=O)=O)NC(=O)C(C)Sc1ccc([N+](=O)[O-])cc1. The van der Waals surface area contributed by atoms with Crippen LogP contribution in [0.3, 0.4) is 0 Å². The first-order valence-corrected chi connectivity index (χ1v) is 9.41. The number of hydrogen-bond acceptors (Lipinski definition) is 6. The highest BCUT2D eigenvalue weighted by Crippen LogP contribution is 2.25. The molecule has 0 aromatic heterocycles. The monoisotopic (exact) mass is 346 g/mol. The first-order chi connectivity index (χ1) is 10.1. The van der Waals surface area contributed by atoms with Gasteiger partial charge in [0.1, 0.15) is 9.84 Å². The van der Waals surface area contributed by atoms with E-state index in [0.717, 1.165) is 11.2 Å². The number of sulfone groups is 1. The van der Waals surface area contributed by atoms with E-state index in [0.29, 0.717) is 0 Å². The smallest absolute Gasteiger partial charge is 0.269 e. The summed E-state index contributed by atoms with van der Waals surface area (Å²) < 4.78 is 22.3. The highest BCUT2D eigenvalue weighted by molar-refractivity contribution is 8.00. The van der Waals surface area contributed by atoms with Crippen molar-refractivity contribution in [2.75, 3.05) is 12.0 Å². The lowest BCUT2D eigenvalue weighted by Crippen LogP contribution is -2.41. The van der Waals surface area contributed by atoms with Gasteiger partial charge in [0.25, 0.3) is 5.69 Å². The Morgan fingerprint density at radius 3 is 2.32 bits per heavy atom. The third-order valence-corrected chi connectivity index (χ3v) is 4.89. The van der Waals surface area contributed by atoms with E-state index in [1.54, 1.807) is 26.0 Å². The Bertz CT molecular complexity index is 643. The van der Waals surface area contributed by atoms with Gasteiger partial charge in [-0.15, -0.1) is 11.8 Å². The number of amides is 1. The van der Waals surface area contributed by atoms with Crippen molar-refractivity contribution in [3.63, 3.8) is 0 Å². The number of carbonyl (C=O) groups excluding carboxylic acids is 1. The normalized spacial score (nSPS) is 14.1. The van der Waals surface area contributed by atoms with E-state index >= 15 is 0 Å². The van der Waals surface area contributed by atoms with Crippen LogP contribution in [0.15, 0.2) is 29.2 Å². The summed E-state index contributed by atoms with van der Waals surface area (Å²) in [5.74, 6) is -0.396. The molecular formula is C13H18N2O5S2. The Morgan fingerprint density at radius 1 is 1.32 bits per heavy atom. The van der Waals surface area contributed by atoms with E-state index in [9.17, 15) is 23.3 Å². The maximum absolute atomic E-state index is 12.0. The second kappa shape index (κ2) is 7.59. The fraction of sp³-hybridized carbons (Fsp3) is 0.462. The zero-order valence-corrected chi connectivity index (χ0v) is 14.1. The minimum Gasteiger partial charge on any atom is -0.352 e. The van der Waals surface area contributed by atoms with Gasteiger partial charge in [-0.2, -0.15) is 0 Å². The molecule has 0 saturated heterocycles. The van der Waals surface area contributed by atoms with Gasteiger partial charge in [0.05, 0.1) is 15.9 Å². The Balaban J connectivity index is 2.58. The zero-order chi connectivity index (χ0) is 16.9. The molecule has 7 nitrogen and oxygen atoms in total. The van der Waals surface area contributed by atoms with Crippen LogP contribution in [0.4, 0.5) is 5.69 Å². The standard InChI is InChI=1S/C13H18N2O5S2/c1-9(8-22(3,19)20)14-13(16)10(2)21-12-6-4-11(5-7-12)15(17)18/h4-7,9-10H,8H2,1-3H3,(H,14,16). The van der Waals surface area contributed by atoms with E-state index in [1.807, 2.05) is 0 Å². The van der Waals surface area contributed by atoms with Crippen LogP contribution >= 0.6 is 11.8 Å². The van der Waals surface area contributed by atoms with Crippen LogP contribution in [0.5, 0.6) is 0 Å². The molecule has 0 saturated carbocycles. The third-order valence-electron chi connectivity index (χ3n) is 2.67. The summed E-state index contributed by atoms with van der Waals surface area (Å²) in [5.41, 5.74) is -0.0109. The minimum absolute atomic E-state index is 0.0109. The molecule has 0 aliphatic carbocycles. The summed E-state index contributed by atoms with van der Waals surface area (Å²) in [4.78, 5) is 22.8. The number of rotatable bonds is 7. The molecule has 0 fully saturated rings. The molecule has 0 aliphatic heterocycles. The predicted molar refractivity (Wildman–Crippen MR) is 85.7 cm³/mol. The van der Waals surface area contributed by atoms with Crippen LogP contribution in [0.2, 0.25) is 0 Å². The summed E-state index contributed by atoms with van der Waals surface area (Å²) in [7, 11) is -3.15. The Morgan fingerprint density at radius 2 is 1.86 bits per heavy atom. The minimum atomic E-state index is -3.15. The van der Waals surface area contributed by atoms with Gasteiger partial charge >= 0.3 is 0 Å². The van der Waals surface area contributed by atoms with Crippen molar-refractivity contribution in [2.45, 2.75) is 30.0 Å². The lowest BCUT2D eigenvalue weighted by molar-refractivity contribution is -0.384. The van der Waals surface area contributed by atoms with Crippen molar-refractivity contribution < 1.29 is 18.1 Å². The van der Waals surface area contributed by atoms with Crippen molar-refractivity contribution in [2.24, 2.45) is 0 Å². The van der Waals surface area contributed by atoms with E-state index in [4.69, 9.17) is 0 Å². The molecule has 122 valence electrons. The number of non-ortho nitro benzene ring substituents is 1. The lowest BCUT2D eigenvalue weighted by atomic mass is 10.3. The van der Waals surface area contributed by atoms with Crippen molar-refractivity contribution in [3.05, 3.63) is 34.4 Å². The summed E-state index contributed by atoms with van der Waals surface area (Å²) in [5, 5.41) is 12.8. The van der Waals surface area contributed by atoms with Crippen molar-refractivity contribution in [1.82, 2.24) is 5.32 Å². The van der Waals surface area contributed by atoms with Crippen LogP contribution in [0.1, 0.15) is 13.8 Å². The molecular weight excluding hydrogens is 328 g/mol. The average Bonchev–Trinajstić information content (AvgIpc) is 2.36. The fourth-order valence-electron chi connectivity index (χ4n) is 1.76. The molecule has 0 heterocycles. The molecule has 0 aliphatic rings. The summed E-state index contributed by atoms with van der Waals surface area (Å²) >= 11 is 1.25. The maximum Gasteiger partial charge on any atom is 0.269 e. The molecule has 0 bridgehead atoms. The van der Waals surface area contributed by atoms with Crippen molar-refractivity contribution in [1.29, 1.82) is 0 Å². The Hall–Kier alpha value is -1.61. The number of hydrogen-bond donors (Lipinski definition) is 1. The number of carbonyl (C=O) groups is 1. The number of nitrogens with one attached hydrogen (secondary N) is 1. The number of thioether (sulfide) groups is 1. The van der Waals surface area contributed by atoms with Gasteiger partial charge in [0, 0.05) is 29.3 Å². The van der Waals surface area contributed by atoms with E-state index in [1.165, 1.54) is 23.9 Å². The topological polar surface area (TPSA) is 106 Å². The van der Waals surface area contributed by atoms with Crippen LogP contribution in [0, 0.1) is 10.1 Å². The molecule has 2 atom stereocenters. The highest BCUT2D eigenvalue weighted by Gasteiger charge is 2.19. The van der Waals surface area contributed by atoms with Crippen molar-refractivity contribution in [3.8, 4) is 0 Å². The Kier molecular flexibility index (Phi) is 6.36. The quantitative estimate of drug-likeness (QED) is 0.457. The van der Waals surface area contributed by atoms with Gasteiger partial charge < -0.3 is 5.32 Å². The number of nitro benzene ring substituents is 1. The number of nitro groups is 1. The number of benzene rings is 1. The molecule has 1 N–H and O–H groups in total. The van der Waals surface area contributed by atoms with Crippen LogP contribution in [-0.4, -0.2) is 42.5 Å². The third kappa shape index (κ3) is 6.44. The molecule has 0 radical (unpaired) electrons. The first kappa shape index (κ1) is 18.4. The second-order valence-corrected chi connectivity index (χ2v) is 8.61. The summed E-state index contributed by atoms with van der Waals surface area (Å²) in [6.07, 6.45) is 1.12. The van der Waals surface area contributed by atoms with Gasteiger partial charge in [-0.1, -0.05) is 0 Å². The largest absolute Gasteiger partial charge is 0.352 e. The Labute approximate surface area is 133 Å². The maximum atomic E-state index is 12.0. The fourth-order valence-corrected chi connectivity index (χ4v) is 3.63. The molecule has 9 heteroatoms. The van der Waals surface area contributed by atoms with E-state index in [2.05, 4.69) is 5.32 Å². The summed E-state index contributed by atoms with van der Waals surface area (Å²) in [6.45, 7) is 3.32. The van der Waals surface area contributed by atoms with Gasteiger partial charge in [-0.3, -0.25) is 14.9 Å². The van der Waals surface area contributed by atoms with Gasteiger partial charge in [0.2, 0.25) is 5.91 Å². The van der Waals surface area contributed by atoms with Crippen LogP contribution in [-0.2, 0) is 14.6 Å². The molecule has 2 unspecified atom stereocenters. The van der Waals surface area contributed by atoms with E-state index in [-0.39, 0.29) is 17.3 Å². The first-order valence-electron chi connectivity index (χ1n) is 6.47. The highest BCUT2D eigenvalue weighted by atomic mass is 32.2. The van der Waals surface area contributed by atoms with E-state index < -0.39 is 26.1 Å². The van der Waals surface area contributed by atoms with Crippen LogP contribution < -0.4 is 5.32 Å². The van der Waals surface area contributed by atoms with Gasteiger partial charge in [-0.25, -0.2) is 8.42 Å². The lowest BCUT2D eigenvalue weighted by Gasteiger charge is -2.16. The molecule has 22 heavy (non-hydrogen) atoms. The summed E-state index contributed by atoms with van der Waals surface area (Å²) in [6, 6.07) is 5.43. The average molecular weight is 346 g/mol. The molecule has 1 aromatic rings. The zero-order valence-electron chi connectivity index (χ0n) is 12.5. The van der Waals surface area contributed by atoms with Crippen molar-refractivity contribution >= 4 is 33.2 Å². The molecule has 1 rings (SSSR count). The molecule has 1 aromatic carbocycles. The van der Waals surface area contributed by atoms with Crippen LogP contribution in [0.25, 0.3) is 0 Å². The predicted octanol–water partition coefficient (Wildman–Crippen LogP) is 1.62.